The summed E-state index contributed by atoms with van der Waals surface area (Å²) < 4.78 is 0. The van der Waals surface area contributed by atoms with Crippen LogP contribution in [0.5, 0.6) is 0 Å². The van der Waals surface area contributed by atoms with Crippen molar-refractivity contribution in [3.63, 3.8) is 0 Å². The number of hydrogen-bond donors (Lipinski definition) is 3. The molecule has 1 heterocycles. The Morgan fingerprint density at radius 3 is 2.61 bits per heavy atom. The number of rotatable bonds is 6. The molecule has 2 aliphatic carbocycles. The van der Waals surface area contributed by atoms with E-state index in [0.29, 0.717) is 6.42 Å². The first kappa shape index (κ1) is 23.7. The van der Waals surface area contributed by atoms with Gasteiger partial charge in [-0.05, 0) is 49.1 Å². The third-order valence-corrected chi connectivity index (χ3v) is 7.58. The number of carbonyl (C=O) groups excluding carboxylic acids is 3. The molecule has 3 amide bonds. The molecule has 4 rings (SSSR count). The molecule has 0 unspecified atom stereocenters. The first-order valence-electron chi connectivity index (χ1n) is 12.6. The van der Waals surface area contributed by atoms with Gasteiger partial charge in [-0.2, -0.15) is 0 Å². The number of β-amino-alcohol motifs (C(OH)–C–C–N with tert-alkyl or cyclic N) is 1. The van der Waals surface area contributed by atoms with E-state index in [1.165, 1.54) is 10.5 Å². The number of fused-ring (bicyclic) bond motifs is 1. The van der Waals surface area contributed by atoms with Crippen molar-refractivity contribution < 1.29 is 19.5 Å². The van der Waals surface area contributed by atoms with Crippen LogP contribution in [0.3, 0.4) is 0 Å². The fourth-order valence-corrected chi connectivity index (χ4v) is 5.78. The van der Waals surface area contributed by atoms with Gasteiger partial charge >= 0.3 is 0 Å². The molecule has 0 aromatic heterocycles. The van der Waals surface area contributed by atoms with Crippen LogP contribution in [0.4, 0.5) is 0 Å². The number of nitrogens with zero attached hydrogens (tertiary/aromatic N) is 1. The van der Waals surface area contributed by atoms with Crippen molar-refractivity contribution in [3.05, 3.63) is 35.4 Å². The molecule has 1 aromatic carbocycles. The van der Waals surface area contributed by atoms with E-state index in [1.54, 1.807) is 6.92 Å². The zero-order valence-corrected chi connectivity index (χ0v) is 19.6. The zero-order chi connectivity index (χ0) is 23.4. The van der Waals surface area contributed by atoms with Gasteiger partial charge in [-0.15, -0.1) is 0 Å². The van der Waals surface area contributed by atoms with Gasteiger partial charge in [0.05, 0.1) is 12.1 Å². The minimum absolute atomic E-state index is 0.0772. The van der Waals surface area contributed by atoms with Gasteiger partial charge in [-0.1, -0.05) is 50.5 Å². The molecule has 1 aliphatic heterocycles. The molecule has 33 heavy (non-hydrogen) atoms. The fourth-order valence-electron chi connectivity index (χ4n) is 5.78. The van der Waals surface area contributed by atoms with Gasteiger partial charge in [-0.25, -0.2) is 0 Å². The molecule has 3 N–H and O–H groups in total. The van der Waals surface area contributed by atoms with Crippen molar-refractivity contribution >= 4 is 17.7 Å². The molecule has 0 radical (unpaired) electrons. The van der Waals surface area contributed by atoms with Crippen LogP contribution in [0.1, 0.15) is 81.9 Å². The summed E-state index contributed by atoms with van der Waals surface area (Å²) in [6.45, 7) is 1.90. The van der Waals surface area contributed by atoms with E-state index in [9.17, 15) is 19.5 Å². The number of carbonyl (C=O) groups is 3. The lowest BCUT2D eigenvalue weighted by Gasteiger charge is -2.35. The Hall–Kier alpha value is -2.41. The van der Waals surface area contributed by atoms with Crippen LogP contribution in [0.2, 0.25) is 0 Å². The van der Waals surface area contributed by atoms with Crippen molar-refractivity contribution in [1.29, 1.82) is 0 Å². The molecule has 0 bridgehead atoms. The molecule has 1 saturated heterocycles. The van der Waals surface area contributed by atoms with Crippen LogP contribution in [0.25, 0.3) is 0 Å². The highest BCUT2D eigenvalue weighted by Gasteiger charge is 2.44. The number of amides is 3. The Morgan fingerprint density at radius 2 is 1.85 bits per heavy atom. The molecular weight excluding hydrogens is 418 g/mol. The lowest BCUT2D eigenvalue weighted by atomic mass is 9.83. The highest BCUT2D eigenvalue weighted by molar-refractivity contribution is 5.93. The predicted octanol–water partition coefficient (Wildman–Crippen LogP) is 2.62. The lowest BCUT2D eigenvalue weighted by molar-refractivity contribution is -0.143. The van der Waals surface area contributed by atoms with Gasteiger partial charge in [0, 0.05) is 19.4 Å². The molecular formula is C26H37N3O4. The second kappa shape index (κ2) is 10.7. The average Bonchev–Trinajstić information content (AvgIpc) is 3.24. The highest BCUT2D eigenvalue weighted by atomic mass is 16.3. The summed E-state index contributed by atoms with van der Waals surface area (Å²) in [5.74, 6) is -0.526. The molecule has 180 valence electrons. The highest BCUT2D eigenvalue weighted by Crippen LogP contribution is 2.32. The van der Waals surface area contributed by atoms with E-state index in [0.717, 1.165) is 56.9 Å². The number of nitrogens with one attached hydrogen (secondary N) is 2. The second-order valence-electron chi connectivity index (χ2n) is 9.84. The summed E-state index contributed by atoms with van der Waals surface area (Å²) in [6, 6.07) is 6.75. The third kappa shape index (κ3) is 5.40. The number of likely N-dealkylation sites (tertiary alicyclic amines) is 1. The van der Waals surface area contributed by atoms with Gasteiger partial charge in [0.1, 0.15) is 12.1 Å². The van der Waals surface area contributed by atoms with E-state index in [1.807, 2.05) is 12.1 Å². The number of aliphatic hydroxyl groups excluding tert-OH is 1. The maximum absolute atomic E-state index is 13.7. The van der Waals surface area contributed by atoms with Crippen LogP contribution in [-0.4, -0.2) is 52.5 Å². The van der Waals surface area contributed by atoms with Crippen molar-refractivity contribution in [2.45, 2.75) is 95.4 Å². The minimum atomic E-state index is -0.739. The number of aryl methyl sites for hydroxylation is 1. The van der Waals surface area contributed by atoms with Crippen molar-refractivity contribution in [2.75, 3.05) is 6.54 Å². The smallest absolute Gasteiger partial charge is 0.246 e. The quantitative estimate of drug-likeness (QED) is 0.614. The molecule has 1 aromatic rings. The third-order valence-electron chi connectivity index (χ3n) is 7.58. The van der Waals surface area contributed by atoms with Crippen LogP contribution in [-0.2, 0) is 20.8 Å². The zero-order valence-electron chi connectivity index (χ0n) is 19.6. The van der Waals surface area contributed by atoms with Crippen molar-refractivity contribution in [2.24, 2.45) is 5.92 Å². The summed E-state index contributed by atoms with van der Waals surface area (Å²) in [5, 5.41) is 16.5. The standard InChI is InChI=1S/C26H37N3O4/c1-2-23(31)28-24(18-10-4-3-5-11-18)26(33)29-16-19(30)15-22(29)25(32)27-21-14-8-12-17-9-6-7-13-20(17)21/h6-7,9,13,18-19,21-22,24,30H,2-5,8,10-12,14-16H2,1H3,(H,27,32)(H,28,31)/t19-,21-,22+,24+/m1/s1. The summed E-state index contributed by atoms with van der Waals surface area (Å²) in [4.78, 5) is 40.8. The van der Waals surface area contributed by atoms with Gasteiger partial charge in [0.15, 0.2) is 0 Å². The van der Waals surface area contributed by atoms with E-state index in [2.05, 4.69) is 22.8 Å². The van der Waals surface area contributed by atoms with Gasteiger partial charge in [0.2, 0.25) is 17.7 Å². The molecule has 2 fully saturated rings. The monoisotopic (exact) mass is 455 g/mol. The maximum atomic E-state index is 13.7. The van der Waals surface area contributed by atoms with E-state index >= 15 is 0 Å². The Morgan fingerprint density at radius 1 is 1.09 bits per heavy atom. The number of benzene rings is 1. The maximum Gasteiger partial charge on any atom is 0.246 e. The Kier molecular flexibility index (Phi) is 7.68. The van der Waals surface area contributed by atoms with Crippen LogP contribution in [0, 0.1) is 5.92 Å². The number of hydrogen-bond acceptors (Lipinski definition) is 4. The van der Waals surface area contributed by atoms with Crippen molar-refractivity contribution in [1.82, 2.24) is 15.5 Å². The van der Waals surface area contributed by atoms with Gasteiger partial charge < -0.3 is 20.6 Å². The SMILES string of the molecule is CCC(=O)N[C@H](C(=O)N1C[C@H](O)C[C@H]1C(=O)N[C@@H]1CCCc2ccccc21)C1CCCCC1. The molecule has 4 atom stereocenters. The van der Waals surface area contributed by atoms with Crippen LogP contribution >= 0.6 is 0 Å². The van der Waals surface area contributed by atoms with Gasteiger partial charge in [-0.3, -0.25) is 14.4 Å². The van der Waals surface area contributed by atoms with E-state index in [-0.39, 0.29) is 42.6 Å². The fraction of sp³-hybridized carbons (Fsp3) is 0.654. The molecule has 7 heteroatoms. The Balaban J connectivity index is 1.50. The van der Waals surface area contributed by atoms with E-state index in [4.69, 9.17) is 0 Å². The normalized spacial score (nSPS) is 26.4. The second-order valence-corrected chi connectivity index (χ2v) is 9.84. The summed E-state index contributed by atoms with van der Waals surface area (Å²) in [7, 11) is 0. The number of aliphatic hydroxyl groups is 1. The van der Waals surface area contributed by atoms with E-state index < -0.39 is 18.2 Å². The molecule has 0 spiro atoms. The minimum Gasteiger partial charge on any atom is -0.391 e. The van der Waals surface area contributed by atoms with Crippen LogP contribution in [0.15, 0.2) is 24.3 Å². The summed E-state index contributed by atoms with van der Waals surface area (Å²) in [5.41, 5.74) is 2.40. The van der Waals surface area contributed by atoms with Crippen molar-refractivity contribution in [3.8, 4) is 0 Å². The molecule has 7 nitrogen and oxygen atoms in total. The first-order valence-corrected chi connectivity index (χ1v) is 12.6. The first-order chi connectivity index (χ1) is 16.0. The summed E-state index contributed by atoms with van der Waals surface area (Å²) >= 11 is 0. The van der Waals surface area contributed by atoms with Gasteiger partial charge in [0.25, 0.3) is 0 Å². The Labute approximate surface area is 196 Å². The lowest BCUT2D eigenvalue weighted by Crippen LogP contribution is -2.56. The summed E-state index contributed by atoms with van der Waals surface area (Å²) in [6.07, 6.45) is 7.71. The van der Waals surface area contributed by atoms with Crippen LogP contribution < -0.4 is 10.6 Å². The largest absolute Gasteiger partial charge is 0.391 e. The molecule has 3 aliphatic rings. The Bertz CT molecular complexity index is 867. The average molecular weight is 456 g/mol. The molecule has 1 saturated carbocycles. The topological polar surface area (TPSA) is 98.7 Å². The predicted molar refractivity (Wildman–Crippen MR) is 125 cm³/mol.